The third-order valence-electron chi connectivity index (χ3n) is 4.02. The van der Waals surface area contributed by atoms with Crippen LogP contribution in [0.15, 0.2) is 53.3 Å². The molecular weight excluding hydrogens is 288 g/mol. The summed E-state index contributed by atoms with van der Waals surface area (Å²) < 4.78 is 6.91. The zero-order chi connectivity index (χ0) is 16.4. The number of nitrogens with one attached hydrogen (secondary N) is 1. The minimum atomic E-state index is -0.0347. The van der Waals surface area contributed by atoms with Crippen LogP contribution in [0.25, 0.3) is 5.69 Å². The Morgan fingerprint density at radius 3 is 2.43 bits per heavy atom. The summed E-state index contributed by atoms with van der Waals surface area (Å²) in [5.41, 5.74) is 4.68. The fourth-order valence-electron chi connectivity index (χ4n) is 2.68. The van der Waals surface area contributed by atoms with Gasteiger partial charge in [0.05, 0.1) is 7.11 Å². The van der Waals surface area contributed by atoms with E-state index in [1.165, 1.54) is 5.56 Å². The maximum Gasteiger partial charge on any atom is 0.275 e. The quantitative estimate of drug-likeness (QED) is 0.803. The lowest BCUT2D eigenvalue weighted by atomic mass is 10.0. The average Bonchev–Trinajstić information content (AvgIpc) is 2.85. The molecule has 1 heterocycles. The Morgan fingerprint density at radius 1 is 1.04 bits per heavy atom. The highest BCUT2D eigenvalue weighted by Gasteiger charge is 2.15. The number of aryl methyl sites for hydroxylation is 2. The molecule has 4 heteroatoms. The summed E-state index contributed by atoms with van der Waals surface area (Å²) in [7, 11) is 1.60. The lowest BCUT2D eigenvalue weighted by molar-refractivity contribution is 0.411. The van der Waals surface area contributed by atoms with Crippen LogP contribution in [0.1, 0.15) is 22.4 Å². The van der Waals surface area contributed by atoms with Crippen LogP contribution in [0.3, 0.4) is 0 Å². The van der Waals surface area contributed by atoms with Crippen molar-refractivity contribution in [2.75, 3.05) is 7.11 Å². The van der Waals surface area contributed by atoms with Crippen molar-refractivity contribution in [3.8, 4) is 11.4 Å². The molecule has 0 unspecified atom stereocenters. The van der Waals surface area contributed by atoms with Gasteiger partial charge in [-0.3, -0.25) is 9.89 Å². The van der Waals surface area contributed by atoms with Gasteiger partial charge in [-0.15, -0.1) is 0 Å². The zero-order valence-electron chi connectivity index (χ0n) is 13.6. The second kappa shape index (κ2) is 6.16. The van der Waals surface area contributed by atoms with Crippen molar-refractivity contribution in [1.29, 1.82) is 0 Å². The summed E-state index contributed by atoms with van der Waals surface area (Å²) in [6.45, 7) is 3.98. The van der Waals surface area contributed by atoms with Gasteiger partial charge in [0.2, 0.25) is 0 Å². The fraction of sp³-hybridized carbons (Fsp3) is 0.211. The maximum atomic E-state index is 12.8. The molecular formula is C19H20N2O2. The summed E-state index contributed by atoms with van der Waals surface area (Å²) in [4.78, 5) is 12.8. The standard InChI is InChI=1S/C19H20N2O2/c1-13-8-10-15(11-9-13)12-16-14(2)20-21(19(16)22)17-6-4-5-7-18(17)23-3/h4-11,20H,12H2,1-3H3. The number of hydrogen-bond acceptors (Lipinski definition) is 2. The number of aromatic nitrogens is 2. The third kappa shape index (κ3) is 2.93. The Kier molecular flexibility index (Phi) is 4.06. The van der Waals surface area contributed by atoms with E-state index in [0.29, 0.717) is 12.2 Å². The molecule has 1 aromatic heterocycles. The van der Waals surface area contributed by atoms with Crippen molar-refractivity contribution < 1.29 is 4.74 Å². The van der Waals surface area contributed by atoms with E-state index in [-0.39, 0.29) is 5.56 Å². The molecule has 2 aromatic carbocycles. The third-order valence-corrected chi connectivity index (χ3v) is 4.02. The smallest absolute Gasteiger partial charge is 0.275 e. The number of hydrogen-bond donors (Lipinski definition) is 1. The van der Waals surface area contributed by atoms with Gasteiger partial charge in [0.25, 0.3) is 5.56 Å². The summed E-state index contributed by atoms with van der Waals surface area (Å²) in [6, 6.07) is 15.7. The first kappa shape index (κ1) is 15.2. The second-order valence-corrected chi connectivity index (χ2v) is 5.69. The van der Waals surface area contributed by atoms with Crippen molar-refractivity contribution in [2.45, 2.75) is 20.3 Å². The molecule has 0 radical (unpaired) electrons. The number of ether oxygens (including phenoxy) is 1. The van der Waals surface area contributed by atoms with E-state index in [2.05, 4.69) is 36.3 Å². The van der Waals surface area contributed by atoms with Crippen molar-refractivity contribution in [3.63, 3.8) is 0 Å². The number of benzene rings is 2. The average molecular weight is 308 g/mol. The Balaban J connectivity index is 2.03. The number of nitrogens with zero attached hydrogens (tertiary/aromatic N) is 1. The number of rotatable bonds is 4. The largest absolute Gasteiger partial charge is 0.494 e. The zero-order valence-corrected chi connectivity index (χ0v) is 13.6. The summed E-state index contributed by atoms with van der Waals surface area (Å²) in [5.74, 6) is 0.665. The van der Waals surface area contributed by atoms with Crippen molar-refractivity contribution >= 4 is 0 Å². The number of methoxy groups -OCH3 is 1. The minimum Gasteiger partial charge on any atom is -0.494 e. The molecule has 0 aliphatic carbocycles. The molecule has 0 amide bonds. The second-order valence-electron chi connectivity index (χ2n) is 5.69. The highest BCUT2D eigenvalue weighted by molar-refractivity contribution is 5.46. The predicted octanol–water partition coefficient (Wildman–Crippen LogP) is 3.38. The van der Waals surface area contributed by atoms with Gasteiger partial charge in [-0.1, -0.05) is 42.0 Å². The Hall–Kier alpha value is -2.75. The number of aromatic amines is 1. The minimum absolute atomic E-state index is 0.0347. The normalized spacial score (nSPS) is 10.7. The first-order valence-corrected chi connectivity index (χ1v) is 7.59. The number of para-hydroxylation sites is 2. The van der Waals surface area contributed by atoms with E-state index in [0.717, 1.165) is 22.5 Å². The lowest BCUT2D eigenvalue weighted by Crippen LogP contribution is -2.18. The Morgan fingerprint density at radius 2 is 1.74 bits per heavy atom. The fourth-order valence-corrected chi connectivity index (χ4v) is 2.68. The van der Waals surface area contributed by atoms with E-state index in [1.807, 2.05) is 31.2 Å². The van der Waals surface area contributed by atoms with E-state index in [4.69, 9.17) is 4.74 Å². The van der Waals surface area contributed by atoms with Gasteiger partial charge >= 0.3 is 0 Å². The summed E-state index contributed by atoms with van der Waals surface area (Å²) >= 11 is 0. The molecule has 0 bridgehead atoms. The molecule has 0 atom stereocenters. The molecule has 23 heavy (non-hydrogen) atoms. The molecule has 118 valence electrons. The first-order chi connectivity index (χ1) is 11.1. The summed E-state index contributed by atoms with van der Waals surface area (Å²) in [6.07, 6.45) is 0.615. The molecule has 4 nitrogen and oxygen atoms in total. The van der Waals surface area contributed by atoms with Crippen LogP contribution in [-0.2, 0) is 6.42 Å². The van der Waals surface area contributed by atoms with Gasteiger partial charge in [-0.25, -0.2) is 4.68 Å². The monoisotopic (exact) mass is 308 g/mol. The van der Waals surface area contributed by atoms with E-state index >= 15 is 0 Å². The van der Waals surface area contributed by atoms with Crippen molar-refractivity contribution in [1.82, 2.24) is 9.78 Å². The van der Waals surface area contributed by atoms with E-state index in [9.17, 15) is 4.79 Å². The van der Waals surface area contributed by atoms with Gasteiger partial charge in [-0.2, -0.15) is 0 Å². The molecule has 3 rings (SSSR count). The van der Waals surface area contributed by atoms with Crippen molar-refractivity contribution in [2.24, 2.45) is 0 Å². The molecule has 0 aliphatic rings. The van der Waals surface area contributed by atoms with Crippen LogP contribution in [0.5, 0.6) is 5.75 Å². The predicted molar refractivity (Wildman–Crippen MR) is 91.7 cm³/mol. The molecule has 1 N–H and O–H groups in total. The molecule has 0 saturated heterocycles. The van der Waals surface area contributed by atoms with Gasteiger partial charge in [0, 0.05) is 17.7 Å². The number of H-pyrrole nitrogens is 1. The SMILES string of the molecule is COc1ccccc1-n1[nH]c(C)c(Cc2ccc(C)cc2)c1=O. The van der Waals surface area contributed by atoms with E-state index < -0.39 is 0 Å². The molecule has 3 aromatic rings. The van der Waals surface area contributed by atoms with Gasteiger partial charge in [0.1, 0.15) is 11.4 Å². The Labute approximate surface area is 135 Å². The van der Waals surface area contributed by atoms with Crippen LogP contribution < -0.4 is 10.3 Å². The van der Waals surface area contributed by atoms with Crippen LogP contribution in [0, 0.1) is 13.8 Å². The van der Waals surface area contributed by atoms with E-state index in [1.54, 1.807) is 11.8 Å². The van der Waals surface area contributed by atoms with Crippen molar-refractivity contribution in [3.05, 3.63) is 81.3 Å². The topological polar surface area (TPSA) is 47.0 Å². The molecule has 0 fully saturated rings. The van der Waals surface area contributed by atoms with Crippen LogP contribution >= 0.6 is 0 Å². The van der Waals surface area contributed by atoms with Crippen LogP contribution in [-0.4, -0.2) is 16.9 Å². The Bertz CT molecular complexity index is 873. The highest BCUT2D eigenvalue weighted by atomic mass is 16.5. The first-order valence-electron chi connectivity index (χ1n) is 7.59. The van der Waals surface area contributed by atoms with Gasteiger partial charge in [0.15, 0.2) is 0 Å². The molecule has 0 aliphatic heterocycles. The van der Waals surface area contributed by atoms with Gasteiger partial charge < -0.3 is 4.74 Å². The molecule has 0 saturated carbocycles. The van der Waals surface area contributed by atoms with Crippen LogP contribution in [0.4, 0.5) is 0 Å². The van der Waals surface area contributed by atoms with Gasteiger partial charge in [-0.05, 0) is 31.5 Å². The molecule has 0 spiro atoms. The lowest BCUT2D eigenvalue weighted by Gasteiger charge is -2.07. The summed E-state index contributed by atoms with van der Waals surface area (Å²) in [5, 5.41) is 3.16. The highest BCUT2D eigenvalue weighted by Crippen LogP contribution is 2.21. The maximum absolute atomic E-state index is 12.8. The van der Waals surface area contributed by atoms with Crippen LogP contribution in [0.2, 0.25) is 0 Å².